The van der Waals surface area contributed by atoms with Gasteiger partial charge in [0.1, 0.15) is 0 Å². The van der Waals surface area contributed by atoms with Crippen LogP contribution in [0.25, 0.3) is 0 Å². The molecule has 1 aromatic carbocycles. The maximum Gasteiger partial charge on any atom is 0.314 e. The van der Waals surface area contributed by atoms with Gasteiger partial charge in [0.2, 0.25) is 0 Å². The molecular weight excluding hydrogens is 368 g/mol. The fraction of sp³-hybridized carbons (Fsp3) is 0.640. The predicted molar refractivity (Wildman–Crippen MR) is 117 cm³/mol. The van der Waals surface area contributed by atoms with E-state index in [1.165, 1.54) is 63.4 Å². The molecule has 1 aliphatic heterocycles. The van der Waals surface area contributed by atoms with Crippen LogP contribution in [0.5, 0.6) is 5.75 Å². The Morgan fingerprint density at radius 2 is 1.93 bits per heavy atom. The number of hydrogen-bond donors (Lipinski definition) is 0. The highest BCUT2D eigenvalue weighted by molar-refractivity contribution is 6.33. The predicted octanol–water partition coefficient (Wildman–Crippen LogP) is 7.63. The van der Waals surface area contributed by atoms with Crippen LogP contribution >= 0.6 is 11.6 Å². The first-order valence-corrected chi connectivity index (χ1v) is 11.7. The van der Waals surface area contributed by atoms with E-state index in [9.17, 15) is 4.79 Å². The van der Waals surface area contributed by atoms with Crippen LogP contribution in [0.2, 0.25) is 5.02 Å². The molecule has 0 saturated heterocycles. The zero-order valence-corrected chi connectivity index (χ0v) is 18.1. The lowest BCUT2D eigenvalue weighted by atomic mass is 9.76. The molecule has 154 valence electrons. The van der Waals surface area contributed by atoms with E-state index in [0.717, 1.165) is 30.7 Å². The van der Waals surface area contributed by atoms with E-state index < -0.39 is 0 Å². The standard InChI is InChI=1S/C25H35ClO2/c1-3-5-7-8-9-18-11-13-19(14-12-18)22-16-15-20-17-21(10-6-4-2)25(27)28-24(20)23(22)26/h4,15-16,18-19,21H,2-3,5-14,17H2,1H3. The molecule has 0 radical (unpaired) electrons. The molecule has 1 unspecified atom stereocenters. The number of esters is 1. The Balaban J connectivity index is 1.60. The van der Waals surface area contributed by atoms with Gasteiger partial charge in [0.15, 0.2) is 5.75 Å². The van der Waals surface area contributed by atoms with E-state index in [4.69, 9.17) is 16.3 Å². The molecule has 0 N–H and O–H groups in total. The first kappa shape index (κ1) is 21.4. The molecule has 0 aromatic heterocycles. The summed E-state index contributed by atoms with van der Waals surface area (Å²) in [5.41, 5.74) is 2.26. The van der Waals surface area contributed by atoms with Crippen molar-refractivity contribution in [2.24, 2.45) is 11.8 Å². The number of allylic oxidation sites excluding steroid dienone is 1. The van der Waals surface area contributed by atoms with Crippen molar-refractivity contribution in [3.63, 3.8) is 0 Å². The molecule has 2 aliphatic rings. The van der Waals surface area contributed by atoms with E-state index in [1.54, 1.807) is 0 Å². The number of carbonyl (C=O) groups excluding carboxylic acids is 1. The summed E-state index contributed by atoms with van der Waals surface area (Å²) in [5, 5.41) is 0.680. The summed E-state index contributed by atoms with van der Waals surface area (Å²) in [5.74, 6) is 1.80. The van der Waals surface area contributed by atoms with Crippen LogP contribution in [0.1, 0.15) is 94.6 Å². The highest BCUT2D eigenvalue weighted by Crippen LogP contribution is 2.45. The number of carbonyl (C=O) groups is 1. The van der Waals surface area contributed by atoms with Gasteiger partial charge in [-0.05, 0) is 67.9 Å². The van der Waals surface area contributed by atoms with Gasteiger partial charge in [-0.2, -0.15) is 0 Å². The summed E-state index contributed by atoms with van der Waals surface area (Å²) in [6.07, 6.45) is 16.0. The Morgan fingerprint density at radius 1 is 1.14 bits per heavy atom. The Kier molecular flexibility index (Phi) is 8.02. The van der Waals surface area contributed by atoms with E-state index >= 15 is 0 Å². The molecule has 0 amide bonds. The minimum absolute atomic E-state index is 0.0736. The van der Waals surface area contributed by atoms with Crippen molar-refractivity contribution in [2.75, 3.05) is 0 Å². The molecule has 3 rings (SSSR count). The molecule has 3 heteroatoms. The van der Waals surface area contributed by atoms with E-state index in [0.29, 0.717) is 16.7 Å². The topological polar surface area (TPSA) is 26.3 Å². The second-order valence-electron chi connectivity index (χ2n) is 8.71. The summed E-state index contributed by atoms with van der Waals surface area (Å²) < 4.78 is 5.70. The summed E-state index contributed by atoms with van der Waals surface area (Å²) >= 11 is 6.74. The first-order chi connectivity index (χ1) is 13.6. The van der Waals surface area contributed by atoms with Crippen molar-refractivity contribution in [1.82, 2.24) is 0 Å². The molecule has 1 fully saturated rings. The van der Waals surface area contributed by atoms with Crippen molar-refractivity contribution in [3.8, 4) is 5.75 Å². The minimum atomic E-state index is -0.135. The van der Waals surface area contributed by atoms with Crippen LogP contribution in [0.15, 0.2) is 24.8 Å². The Hall–Kier alpha value is -1.28. The van der Waals surface area contributed by atoms with Crippen LogP contribution in [0, 0.1) is 11.8 Å². The van der Waals surface area contributed by atoms with E-state index in [2.05, 4.69) is 25.6 Å². The molecule has 1 aliphatic carbocycles. The lowest BCUT2D eigenvalue weighted by molar-refractivity contribution is -0.140. The van der Waals surface area contributed by atoms with Gasteiger partial charge in [-0.1, -0.05) is 68.8 Å². The monoisotopic (exact) mass is 402 g/mol. The highest BCUT2D eigenvalue weighted by atomic mass is 35.5. The van der Waals surface area contributed by atoms with Crippen molar-refractivity contribution >= 4 is 17.6 Å². The summed E-state index contributed by atoms with van der Waals surface area (Å²) in [6.45, 7) is 6.02. The van der Waals surface area contributed by atoms with Gasteiger partial charge in [0.05, 0.1) is 10.9 Å². The van der Waals surface area contributed by atoms with Crippen molar-refractivity contribution in [3.05, 3.63) is 40.9 Å². The molecular formula is C25H35ClO2. The molecule has 1 aromatic rings. The maximum atomic E-state index is 12.4. The van der Waals surface area contributed by atoms with Crippen molar-refractivity contribution < 1.29 is 9.53 Å². The fourth-order valence-corrected chi connectivity index (χ4v) is 5.27. The zero-order chi connectivity index (χ0) is 19.9. The molecule has 0 spiro atoms. The molecule has 1 atom stereocenters. The maximum absolute atomic E-state index is 12.4. The van der Waals surface area contributed by atoms with Gasteiger partial charge in [-0.15, -0.1) is 6.58 Å². The van der Waals surface area contributed by atoms with Crippen LogP contribution in [0.3, 0.4) is 0 Å². The number of hydrogen-bond acceptors (Lipinski definition) is 2. The van der Waals surface area contributed by atoms with Gasteiger partial charge in [-0.25, -0.2) is 0 Å². The van der Waals surface area contributed by atoms with Crippen molar-refractivity contribution in [2.45, 2.75) is 89.9 Å². The highest BCUT2D eigenvalue weighted by Gasteiger charge is 2.32. The number of rotatable bonds is 9. The van der Waals surface area contributed by atoms with Gasteiger partial charge < -0.3 is 4.74 Å². The number of fused-ring (bicyclic) bond motifs is 1. The minimum Gasteiger partial charge on any atom is -0.424 e. The quantitative estimate of drug-likeness (QED) is 0.183. The molecule has 0 bridgehead atoms. The third-order valence-electron chi connectivity index (χ3n) is 6.68. The second kappa shape index (κ2) is 10.5. The third-order valence-corrected chi connectivity index (χ3v) is 7.07. The Labute approximate surface area is 175 Å². The van der Waals surface area contributed by atoms with Crippen LogP contribution < -0.4 is 4.74 Å². The number of halogens is 1. The largest absolute Gasteiger partial charge is 0.424 e. The Morgan fingerprint density at radius 3 is 2.64 bits per heavy atom. The van der Waals surface area contributed by atoms with Gasteiger partial charge >= 0.3 is 5.97 Å². The fourth-order valence-electron chi connectivity index (χ4n) is 4.89. The lowest BCUT2D eigenvalue weighted by Crippen LogP contribution is -2.28. The smallest absolute Gasteiger partial charge is 0.314 e. The zero-order valence-electron chi connectivity index (χ0n) is 17.4. The van der Waals surface area contributed by atoms with Gasteiger partial charge in [0, 0.05) is 0 Å². The summed E-state index contributed by atoms with van der Waals surface area (Å²) in [7, 11) is 0. The van der Waals surface area contributed by atoms with Gasteiger partial charge in [-0.3, -0.25) is 4.79 Å². The Bertz CT molecular complexity index is 673. The average Bonchev–Trinajstić information content (AvgIpc) is 2.71. The van der Waals surface area contributed by atoms with Crippen LogP contribution in [-0.2, 0) is 11.2 Å². The average molecular weight is 403 g/mol. The molecule has 28 heavy (non-hydrogen) atoms. The lowest BCUT2D eigenvalue weighted by Gasteiger charge is -2.31. The van der Waals surface area contributed by atoms with Crippen LogP contribution in [-0.4, -0.2) is 5.97 Å². The normalized spacial score (nSPS) is 24.5. The SMILES string of the molecule is C=CCCC1Cc2ccc(C3CCC(CCCCCC)CC3)c(Cl)c2OC1=O. The summed E-state index contributed by atoms with van der Waals surface area (Å²) in [6, 6.07) is 4.33. The van der Waals surface area contributed by atoms with E-state index in [-0.39, 0.29) is 11.9 Å². The van der Waals surface area contributed by atoms with Crippen molar-refractivity contribution in [1.29, 1.82) is 0 Å². The summed E-state index contributed by atoms with van der Waals surface area (Å²) in [4.78, 5) is 12.4. The third kappa shape index (κ3) is 5.20. The first-order valence-electron chi connectivity index (χ1n) is 11.3. The molecule has 1 saturated carbocycles. The van der Waals surface area contributed by atoms with Crippen LogP contribution in [0.4, 0.5) is 0 Å². The molecule has 1 heterocycles. The second-order valence-corrected chi connectivity index (χ2v) is 9.09. The number of ether oxygens (including phenoxy) is 1. The number of unbranched alkanes of at least 4 members (excludes halogenated alkanes) is 3. The van der Waals surface area contributed by atoms with Gasteiger partial charge in [0.25, 0.3) is 0 Å². The number of benzene rings is 1. The van der Waals surface area contributed by atoms with E-state index in [1.807, 2.05) is 6.08 Å². The molecule has 2 nitrogen and oxygen atoms in total.